The van der Waals surface area contributed by atoms with E-state index in [0.29, 0.717) is 0 Å². The summed E-state index contributed by atoms with van der Waals surface area (Å²) in [5.41, 5.74) is 8.85. The van der Waals surface area contributed by atoms with Crippen molar-refractivity contribution < 1.29 is 9.59 Å². The highest BCUT2D eigenvalue weighted by Crippen LogP contribution is 2.26. The Morgan fingerprint density at radius 1 is 1.17 bits per heavy atom. The highest BCUT2D eigenvalue weighted by molar-refractivity contribution is 6.06. The highest BCUT2D eigenvalue weighted by atomic mass is 16.2. The lowest BCUT2D eigenvalue weighted by Gasteiger charge is -2.23. The molecule has 64 valence electrons. The Morgan fingerprint density at radius 3 is 2.00 bits per heavy atom. The molecule has 0 saturated heterocycles. The van der Waals surface area contributed by atoms with Crippen molar-refractivity contribution in [3.63, 3.8) is 0 Å². The van der Waals surface area contributed by atoms with Gasteiger partial charge in [0.15, 0.2) is 0 Å². The topological polar surface area (TPSA) is 86.2 Å². The van der Waals surface area contributed by atoms with Crippen molar-refractivity contribution in [1.29, 1.82) is 0 Å². The fourth-order valence-electron chi connectivity index (χ4n) is 1.11. The molecule has 4 N–H and O–H groups in total. The number of carbonyl (C=O) groups is 2. The van der Waals surface area contributed by atoms with Crippen molar-refractivity contribution in [1.82, 2.24) is 0 Å². The molecule has 0 radical (unpaired) electrons. The van der Waals surface area contributed by atoms with E-state index in [2.05, 4.69) is 0 Å². The average Bonchev–Trinajstić information content (AvgIpc) is 2.05. The minimum atomic E-state index is -1.31. The summed E-state index contributed by atoms with van der Waals surface area (Å²) in [7, 11) is 0. The fraction of sp³-hybridized carbons (Fsp3) is 0.250. The number of rotatable bonds is 2. The SMILES string of the molecule is NC(=O)C1(C(N)=O)C=CC=CC1. The molecule has 0 aromatic rings. The molecule has 4 heteroatoms. The predicted octanol–water partition coefficient (Wildman–Crippen LogP) is -0.541. The predicted molar refractivity (Wildman–Crippen MR) is 43.7 cm³/mol. The second-order valence-electron chi connectivity index (χ2n) is 2.69. The summed E-state index contributed by atoms with van der Waals surface area (Å²) in [6.07, 6.45) is 6.73. The maximum absolute atomic E-state index is 11.0. The van der Waals surface area contributed by atoms with Crippen LogP contribution in [0.25, 0.3) is 0 Å². The van der Waals surface area contributed by atoms with E-state index in [-0.39, 0.29) is 6.42 Å². The van der Waals surface area contributed by atoms with Crippen LogP contribution >= 0.6 is 0 Å². The number of primary amides is 2. The first-order valence-electron chi connectivity index (χ1n) is 3.54. The van der Waals surface area contributed by atoms with Crippen molar-refractivity contribution in [2.45, 2.75) is 6.42 Å². The van der Waals surface area contributed by atoms with Gasteiger partial charge in [0.05, 0.1) is 0 Å². The second kappa shape index (κ2) is 2.81. The largest absolute Gasteiger partial charge is 0.368 e. The molecule has 0 fully saturated rings. The number of nitrogens with two attached hydrogens (primary N) is 2. The Bertz CT molecular complexity index is 265. The fourth-order valence-corrected chi connectivity index (χ4v) is 1.11. The molecule has 0 unspecified atom stereocenters. The molecule has 1 aliphatic carbocycles. The molecule has 0 saturated carbocycles. The zero-order chi connectivity index (χ0) is 9.19. The summed E-state index contributed by atoms with van der Waals surface area (Å²) < 4.78 is 0. The Morgan fingerprint density at radius 2 is 1.75 bits per heavy atom. The first-order valence-corrected chi connectivity index (χ1v) is 3.54. The van der Waals surface area contributed by atoms with Gasteiger partial charge in [0.2, 0.25) is 11.8 Å². The minimum absolute atomic E-state index is 0.258. The van der Waals surface area contributed by atoms with E-state index < -0.39 is 17.2 Å². The van der Waals surface area contributed by atoms with Crippen LogP contribution in [0.15, 0.2) is 24.3 Å². The van der Waals surface area contributed by atoms with Gasteiger partial charge in [-0.3, -0.25) is 9.59 Å². The van der Waals surface area contributed by atoms with Gasteiger partial charge < -0.3 is 11.5 Å². The first kappa shape index (κ1) is 8.52. The summed E-state index contributed by atoms with van der Waals surface area (Å²) in [6.45, 7) is 0. The molecule has 0 aromatic carbocycles. The summed E-state index contributed by atoms with van der Waals surface area (Å²) >= 11 is 0. The zero-order valence-electron chi connectivity index (χ0n) is 6.49. The Kier molecular flexibility index (Phi) is 1.99. The Hall–Kier alpha value is -1.58. The Labute approximate surface area is 69.9 Å². The molecular formula is C8H10N2O2. The number of hydrogen-bond acceptors (Lipinski definition) is 2. The summed E-state index contributed by atoms with van der Waals surface area (Å²) in [6, 6.07) is 0. The Balaban J connectivity index is 3.04. The molecule has 1 aliphatic rings. The summed E-state index contributed by atoms with van der Waals surface area (Å²) in [5.74, 6) is -1.40. The summed E-state index contributed by atoms with van der Waals surface area (Å²) in [4.78, 5) is 21.9. The molecule has 2 amide bonds. The van der Waals surface area contributed by atoms with Gasteiger partial charge in [0.25, 0.3) is 0 Å². The van der Waals surface area contributed by atoms with Gasteiger partial charge >= 0.3 is 0 Å². The van der Waals surface area contributed by atoms with Gasteiger partial charge in [-0.1, -0.05) is 24.3 Å². The lowest BCUT2D eigenvalue weighted by molar-refractivity contribution is -0.136. The van der Waals surface area contributed by atoms with Crippen LogP contribution in [0, 0.1) is 5.41 Å². The standard InChI is InChI=1S/C8H10N2O2/c9-6(11)8(7(10)12)4-2-1-3-5-8/h1-4H,5H2,(H2,9,11)(H2,10,12). The third kappa shape index (κ3) is 1.11. The van der Waals surface area contributed by atoms with E-state index in [9.17, 15) is 9.59 Å². The lowest BCUT2D eigenvalue weighted by atomic mass is 9.80. The smallest absolute Gasteiger partial charge is 0.237 e. The van der Waals surface area contributed by atoms with Crippen molar-refractivity contribution in [3.05, 3.63) is 24.3 Å². The average molecular weight is 166 g/mol. The van der Waals surface area contributed by atoms with Crippen molar-refractivity contribution >= 4 is 11.8 Å². The van der Waals surface area contributed by atoms with Crippen molar-refractivity contribution in [2.75, 3.05) is 0 Å². The van der Waals surface area contributed by atoms with Gasteiger partial charge in [0.1, 0.15) is 5.41 Å². The van der Waals surface area contributed by atoms with Gasteiger partial charge in [-0.2, -0.15) is 0 Å². The molecule has 0 aromatic heterocycles. The third-order valence-corrected chi connectivity index (χ3v) is 1.95. The first-order chi connectivity index (χ1) is 5.59. The second-order valence-corrected chi connectivity index (χ2v) is 2.69. The van der Waals surface area contributed by atoms with Gasteiger partial charge in [-0.15, -0.1) is 0 Å². The molecule has 0 spiro atoms. The normalized spacial score (nSPS) is 19.0. The molecular weight excluding hydrogens is 156 g/mol. The molecule has 0 bridgehead atoms. The number of carbonyl (C=O) groups excluding carboxylic acids is 2. The van der Waals surface area contributed by atoms with E-state index in [0.717, 1.165) is 0 Å². The number of allylic oxidation sites excluding steroid dienone is 3. The van der Waals surface area contributed by atoms with E-state index in [4.69, 9.17) is 11.5 Å². The maximum Gasteiger partial charge on any atom is 0.237 e. The van der Waals surface area contributed by atoms with Crippen LogP contribution in [-0.2, 0) is 9.59 Å². The van der Waals surface area contributed by atoms with Crippen LogP contribution in [0.1, 0.15) is 6.42 Å². The molecule has 1 rings (SSSR count). The minimum Gasteiger partial charge on any atom is -0.368 e. The van der Waals surface area contributed by atoms with Crippen LogP contribution in [0.4, 0.5) is 0 Å². The maximum atomic E-state index is 11.0. The molecule has 0 aliphatic heterocycles. The lowest BCUT2D eigenvalue weighted by Crippen LogP contribution is -2.46. The van der Waals surface area contributed by atoms with Crippen molar-refractivity contribution in [3.8, 4) is 0 Å². The monoisotopic (exact) mass is 166 g/mol. The van der Waals surface area contributed by atoms with Gasteiger partial charge in [-0.25, -0.2) is 0 Å². The van der Waals surface area contributed by atoms with Gasteiger partial charge in [0, 0.05) is 0 Å². The van der Waals surface area contributed by atoms with Gasteiger partial charge in [-0.05, 0) is 6.42 Å². The van der Waals surface area contributed by atoms with Crippen LogP contribution in [0.3, 0.4) is 0 Å². The van der Waals surface area contributed by atoms with Crippen LogP contribution in [0.2, 0.25) is 0 Å². The van der Waals surface area contributed by atoms with E-state index in [1.54, 1.807) is 18.2 Å². The van der Waals surface area contributed by atoms with Crippen molar-refractivity contribution in [2.24, 2.45) is 16.9 Å². The van der Waals surface area contributed by atoms with E-state index in [1.807, 2.05) is 0 Å². The van der Waals surface area contributed by atoms with E-state index in [1.165, 1.54) is 6.08 Å². The third-order valence-electron chi connectivity index (χ3n) is 1.95. The molecule has 12 heavy (non-hydrogen) atoms. The molecule has 0 atom stereocenters. The zero-order valence-corrected chi connectivity index (χ0v) is 6.49. The van der Waals surface area contributed by atoms with Crippen LogP contribution < -0.4 is 11.5 Å². The number of amides is 2. The quantitative estimate of drug-likeness (QED) is 0.540. The molecule has 4 nitrogen and oxygen atoms in total. The van der Waals surface area contributed by atoms with Crippen LogP contribution in [0.5, 0.6) is 0 Å². The number of hydrogen-bond donors (Lipinski definition) is 2. The highest BCUT2D eigenvalue weighted by Gasteiger charge is 2.39. The summed E-state index contributed by atoms with van der Waals surface area (Å²) in [5, 5.41) is 0. The van der Waals surface area contributed by atoms with E-state index >= 15 is 0 Å². The van der Waals surface area contributed by atoms with Crippen LogP contribution in [-0.4, -0.2) is 11.8 Å². The molecule has 0 heterocycles.